The molecular formula is C15H15N3OS. The van der Waals surface area contributed by atoms with Crippen LogP contribution in [0.4, 0.5) is 0 Å². The summed E-state index contributed by atoms with van der Waals surface area (Å²) >= 11 is 5.33. The van der Waals surface area contributed by atoms with Gasteiger partial charge in [0.1, 0.15) is 5.75 Å². The van der Waals surface area contributed by atoms with E-state index in [0.717, 1.165) is 34.5 Å². The Bertz CT molecular complexity index is 748. The number of para-hydroxylation sites is 1. The maximum Gasteiger partial charge on any atom is 0.178 e. The highest BCUT2D eigenvalue weighted by molar-refractivity contribution is 7.71. The van der Waals surface area contributed by atoms with E-state index >= 15 is 0 Å². The zero-order chi connectivity index (χ0) is 13.8. The summed E-state index contributed by atoms with van der Waals surface area (Å²) in [5.41, 5.74) is 2.06. The van der Waals surface area contributed by atoms with E-state index in [9.17, 15) is 0 Å². The monoisotopic (exact) mass is 285 g/mol. The summed E-state index contributed by atoms with van der Waals surface area (Å²) in [6.45, 7) is 1.50. The van der Waals surface area contributed by atoms with Crippen molar-refractivity contribution in [2.45, 2.75) is 13.0 Å². The molecule has 1 N–H and O–H groups in total. The average molecular weight is 285 g/mol. The maximum atomic E-state index is 5.69. The number of H-pyrrole nitrogens is 1. The van der Waals surface area contributed by atoms with Crippen LogP contribution in [0, 0.1) is 4.77 Å². The fourth-order valence-electron chi connectivity index (χ4n) is 2.16. The lowest BCUT2D eigenvalue weighted by Gasteiger charge is -2.07. The standard InChI is InChI=1S/C15H15N3OS/c20-15-17-13-11-16-8-7-14(13)18(15)9-4-10-19-12-5-2-1-3-6-12/h1-3,5-8,11H,4,9-10H2,(H,17,20). The van der Waals surface area contributed by atoms with Gasteiger partial charge in [0, 0.05) is 12.7 Å². The van der Waals surface area contributed by atoms with E-state index in [1.165, 1.54) is 0 Å². The molecule has 0 saturated heterocycles. The highest BCUT2D eigenvalue weighted by Gasteiger charge is 2.03. The van der Waals surface area contributed by atoms with Crippen molar-refractivity contribution in [3.05, 3.63) is 53.6 Å². The molecule has 0 bridgehead atoms. The summed E-state index contributed by atoms with van der Waals surface area (Å²) in [4.78, 5) is 7.25. The van der Waals surface area contributed by atoms with Crippen molar-refractivity contribution in [1.82, 2.24) is 14.5 Å². The van der Waals surface area contributed by atoms with Gasteiger partial charge in [-0.05, 0) is 36.8 Å². The number of ether oxygens (including phenoxy) is 1. The van der Waals surface area contributed by atoms with E-state index in [-0.39, 0.29) is 0 Å². The Morgan fingerprint density at radius 3 is 2.90 bits per heavy atom. The van der Waals surface area contributed by atoms with Crippen LogP contribution in [0.3, 0.4) is 0 Å². The Labute approximate surface area is 122 Å². The number of pyridine rings is 1. The molecule has 1 aromatic carbocycles. The van der Waals surface area contributed by atoms with Crippen LogP contribution >= 0.6 is 12.2 Å². The van der Waals surface area contributed by atoms with Crippen LogP contribution in [0.15, 0.2) is 48.8 Å². The van der Waals surface area contributed by atoms with Crippen molar-refractivity contribution in [3.8, 4) is 5.75 Å². The van der Waals surface area contributed by atoms with E-state index in [2.05, 4.69) is 14.5 Å². The van der Waals surface area contributed by atoms with Crippen molar-refractivity contribution < 1.29 is 4.74 Å². The largest absolute Gasteiger partial charge is 0.494 e. The van der Waals surface area contributed by atoms with E-state index in [1.54, 1.807) is 12.4 Å². The fourth-order valence-corrected chi connectivity index (χ4v) is 2.46. The van der Waals surface area contributed by atoms with Crippen molar-refractivity contribution in [2.24, 2.45) is 0 Å². The van der Waals surface area contributed by atoms with Gasteiger partial charge in [-0.25, -0.2) is 0 Å². The quantitative estimate of drug-likeness (QED) is 0.575. The summed E-state index contributed by atoms with van der Waals surface area (Å²) in [5, 5.41) is 0. The highest BCUT2D eigenvalue weighted by atomic mass is 32.1. The van der Waals surface area contributed by atoms with Gasteiger partial charge >= 0.3 is 0 Å². The molecule has 0 atom stereocenters. The minimum Gasteiger partial charge on any atom is -0.494 e. The second kappa shape index (κ2) is 5.88. The summed E-state index contributed by atoms with van der Waals surface area (Å²) in [5.74, 6) is 0.902. The summed E-state index contributed by atoms with van der Waals surface area (Å²) in [7, 11) is 0. The average Bonchev–Trinajstić information content (AvgIpc) is 2.80. The smallest absolute Gasteiger partial charge is 0.178 e. The lowest BCUT2D eigenvalue weighted by atomic mass is 10.3. The number of aromatic amines is 1. The van der Waals surface area contributed by atoms with Gasteiger partial charge in [-0.2, -0.15) is 0 Å². The molecule has 3 aromatic rings. The molecule has 3 rings (SSSR count). The summed E-state index contributed by atoms with van der Waals surface area (Å²) in [6, 6.07) is 11.8. The van der Waals surface area contributed by atoms with Gasteiger partial charge in [0.2, 0.25) is 0 Å². The lowest BCUT2D eigenvalue weighted by Crippen LogP contribution is -2.04. The lowest BCUT2D eigenvalue weighted by molar-refractivity contribution is 0.302. The van der Waals surface area contributed by atoms with Gasteiger partial charge in [0.25, 0.3) is 0 Å². The third kappa shape index (κ3) is 2.72. The van der Waals surface area contributed by atoms with Gasteiger partial charge in [-0.15, -0.1) is 0 Å². The third-order valence-electron chi connectivity index (χ3n) is 3.11. The first kappa shape index (κ1) is 12.9. The van der Waals surface area contributed by atoms with Crippen LogP contribution in [-0.4, -0.2) is 21.1 Å². The molecule has 0 radical (unpaired) electrons. The van der Waals surface area contributed by atoms with Crippen LogP contribution in [0.2, 0.25) is 0 Å². The molecular weight excluding hydrogens is 270 g/mol. The number of hydrogen-bond donors (Lipinski definition) is 1. The van der Waals surface area contributed by atoms with Gasteiger partial charge < -0.3 is 14.3 Å². The molecule has 0 aliphatic carbocycles. The second-order valence-corrected chi connectivity index (χ2v) is 4.88. The molecule has 2 aromatic heterocycles. The zero-order valence-electron chi connectivity index (χ0n) is 11.0. The number of imidazole rings is 1. The third-order valence-corrected chi connectivity index (χ3v) is 3.44. The van der Waals surface area contributed by atoms with Crippen molar-refractivity contribution in [3.63, 3.8) is 0 Å². The molecule has 0 spiro atoms. The number of aromatic nitrogens is 3. The first-order chi connectivity index (χ1) is 9.84. The Morgan fingerprint density at radius 2 is 2.05 bits per heavy atom. The Hall–Kier alpha value is -2.14. The van der Waals surface area contributed by atoms with Crippen molar-refractivity contribution in [1.29, 1.82) is 0 Å². The van der Waals surface area contributed by atoms with Crippen LogP contribution < -0.4 is 4.74 Å². The van der Waals surface area contributed by atoms with E-state index in [1.807, 2.05) is 36.4 Å². The molecule has 0 aliphatic heterocycles. The number of nitrogens with one attached hydrogen (secondary N) is 1. The number of nitrogens with zero attached hydrogens (tertiary/aromatic N) is 2. The molecule has 0 fully saturated rings. The Kier molecular flexibility index (Phi) is 3.78. The van der Waals surface area contributed by atoms with Crippen molar-refractivity contribution >= 4 is 23.3 Å². The molecule has 102 valence electrons. The summed E-state index contributed by atoms with van der Waals surface area (Å²) < 4.78 is 8.50. The number of benzene rings is 1. The minimum atomic E-state index is 0.670. The first-order valence-electron chi connectivity index (χ1n) is 6.55. The zero-order valence-corrected chi connectivity index (χ0v) is 11.8. The van der Waals surface area contributed by atoms with Gasteiger partial charge in [0.05, 0.1) is 23.8 Å². The maximum absolute atomic E-state index is 5.69. The van der Waals surface area contributed by atoms with E-state index < -0.39 is 0 Å². The van der Waals surface area contributed by atoms with Gasteiger partial charge in [-0.3, -0.25) is 4.98 Å². The molecule has 0 aliphatic rings. The SMILES string of the molecule is S=c1[nH]c2cnccc2n1CCCOc1ccccc1. The van der Waals surface area contributed by atoms with Crippen LogP contribution in [-0.2, 0) is 6.54 Å². The highest BCUT2D eigenvalue weighted by Crippen LogP contribution is 2.13. The van der Waals surface area contributed by atoms with Crippen LogP contribution in [0.25, 0.3) is 11.0 Å². The summed E-state index contributed by atoms with van der Waals surface area (Å²) in [6.07, 6.45) is 4.47. The first-order valence-corrected chi connectivity index (χ1v) is 6.96. The number of fused-ring (bicyclic) bond motifs is 1. The number of aryl methyl sites for hydroxylation is 1. The van der Waals surface area contributed by atoms with Crippen LogP contribution in [0.1, 0.15) is 6.42 Å². The number of rotatable bonds is 5. The molecule has 20 heavy (non-hydrogen) atoms. The second-order valence-electron chi connectivity index (χ2n) is 4.49. The topological polar surface area (TPSA) is 42.8 Å². The van der Waals surface area contributed by atoms with E-state index in [4.69, 9.17) is 17.0 Å². The predicted octanol–water partition coefficient (Wildman–Crippen LogP) is 3.56. The number of hydrogen-bond acceptors (Lipinski definition) is 3. The van der Waals surface area contributed by atoms with Gasteiger partial charge in [-0.1, -0.05) is 18.2 Å². The Morgan fingerprint density at radius 1 is 1.20 bits per heavy atom. The molecule has 2 heterocycles. The molecule has 0 saturated carbocycles. The normalized spacial score (nSPS) is 10.8. The molecule has 5 heteroatoms. The van der Waals surface area contributed by atoms with E-state index in [0.29, 0.717) is 6.61 Å². The van der Waals surface area contributed by atoms with Crippen molar-refractivity contribution in [2.75, 3.05) is 6.61 Å². The van der Waals surface area contributed by atoms with Crippen LogP contribution in [0.5, 0.6) is 5.75 Å². The fraction of sp³-hybridized carbons (Fsp3) is 0.200. The molecule has 0 unspecified atom stereocenters. The minimum absolute atomic E-state index is 0.670. The van der Waals surface area contributed by atoms with Gasteiger partial charge in [0.15, 0.2) is 4.77 Å². The molecule has 4 nitrogen and oxygen atoms in total. The predicted molar refractivity (Wildman–Crippen MR) is 81.5 cm³/mol. The molecule has 0 amide bonds. The Balaban J connectivity index is 1.63.